The van der Waals surface area contributed by atoms with Crippen molar-refractivity contribution in [1.29, 1.82) is 0 Å². The van der Waals surface area contributed by atoms with Crippen LogP contribution >= 0.6 is 34.7 Å². The Morgan fingerprint density at radius 2 is 1.83 bits per heavy atom. The van der Waals surface area contributed by atoms with E-state index in [1.54, 1.807) is 41.8 Å². The molecule has 0 saturated carbocycles. The molecular formula is C20H13ClFN3O3S2. The fraction of sp³-hybridized carbons (Fsp3) is 0.100. The van der Waals surface area contributed by atoms with E-state index in [0.29, 0.717) is 16.6 Å². The smallest absolute Gasteiger partial charge is 0.316 e. The standard InChI is InChI=1S/C20H13ClFN3O3S2/c21-14-5-1-12(2-6-14)18-24-25-20(28-18)30-11-17(26)27-9-16-10-29-19(23-16)13-3-7-15(22)8-4-13/h1-8,10H,9,11H2. The Morgan fingerprint density at radius 3 is 2.60 bits per heavy atom. The second kappa shape index (κ2) is 9.38. The Balaban J connectivity index is 1.27. The van der Waals surface area contributed by atoms with Crippen LogP contribution in [-0.2, 0) is 16.1 Å². The van der Waals surface area contributed by atoms with E-state index in [1.807, 2.05) is 0 Å². The number of carbonyl (C=O) groups excluding carboxylic acids is 1. The molecule has 2 aromatic heterocycles. The van der Waals surface area contributed by atoms with Crippen LogP contribution in [0.2, 0.25) is 5.02 Å². The van der Waals surface area contributed by atoms with Gasteiger partial charge in [0.1, 0.15) is 23.2 Å². The summed E-state index contributed by atoms with van der Waals surface area (Å²) < 4.78 is 23.8. The minimum Gasteiger partial charge on any atom is -0.459 e. The third kappa shape index (κ3) is 5.24. The van der Waals surface area contributed by atoms with E-state index in [9.17, 15) is 9.18 Å². The summed E-state index contributed by atoms with van der Waals surface area (Å²) in [4.78, 5) is 16.4. The van der Waals surface area contributed by atoms with Gasteiger partial charge in [-0.25, -0.2) is 9.37 Å². The van der Waals surface area contributed by atoms with Crippen molar-refractivity contribution in [2.24, 2.45) is 0 Å². The van der Waals surface area contributed by atoms with Gasteiger partial charge >= 0.3 is 5.97 Å². The van der Waals surface area contributed by atoms with E-state index >= 15 is 0 Å². The maximum Gasteiger partial charge on any atom is 0.316 e. The van der Waals surface area contributed by atoms with Crippen molar-refractivity contribution in [1.82, 2.24) is 15.2 Å². The maximum atomic E-state index is 13.0. The van der Waals surface area contributed by atoms with Gasteiger partial charge in [-0.05, 0) is 48.5 Å². The lowest BCUT2D eigenvalue weighted by atomic mass is 10.2. The van der Waals surface area contributed by atoms with Gasteiger partial charge < -0.3 is 9.15 Å². The molecule has 0 fully saturated rings. The normalized spacial score (nSPS) is 10.9. The first kappa shape index (κ1) is 20.5. The molecule has 0 aliphatic carbocycles. The Kier molecular flexibility index (Phi) is 6.41. The summed E-state index contributed by atoms with van der Waals surface area (Å²) in [6.45, 7) is 0.0525. The van der Waals surface area contributed by atoms with Crippen LogP contribution in [0, 0.1) is 5.82 Å². The van der Waals surface area contributed by atoms with Crippen LogP contribution in [0.5, 0.6) is 0 Å². The Bertz CT molecular complexity index is 1060. The van der Waals surface area contributed by atoms with E-state index in [1.165, 1.54) is 23.5 Å². The van der Waals surface area contributed by atoms with Crippen LogP contribution in [0.3, 0.4) is 0 Å². The number of halogens is 2. The van der Waals surface area contributed by atoms with Crippen LogP contribution in [0.4, 0.5) is 4.39 Å². The van der Waals surface area contributed by atoms with E-state index < -0.39 is 5.97 Å². The molecule has 2 aromatic carbocycles. The van der Waals surface area contributed by atoms with Gasteiger partial charge in [0.05, 0.1) is 5.69 Å². The van der Waals surface area contributed by atoms with Crippen molar-refractivity contribution in [3.05, 3.63) is 70.4 Å². The van der Waals surface area contributed by atoms with Crippen LogP contribution in [0.1, 0.15) is 5.69 Å². The molecule has 0 aliphatic heterocycles. The fourth-order valence-corrected chi connectivity index (χ4v) is 3.89. The van der Waals surface area contributed by atoms with Gasteiger partial charge in [-0.1, -0.05) is 23.4 Å². The lowest BCUT2D eigenvalue weighted by molar-refractivity contribution is -0.141. The Morgan fingerprint density at radius 1 is 1.10 bits per heavy atom. The summed E-state index contributed by atoms with van der Waals surface area (Å²) >= 11 is 8.35. The molecule has 4 aromatic rings. The fourth-order valence-electron chi connectivity index (χ4n) is 2.39. The summed E-state index contributed by atoms with van der Waals surface area (Å²) in [5.41, 5.74) is 2.17. The van der Waals surface area contributed by atoms with Crippen molar-refractivity contribution >= 4 is 40.7 Å². The maximum absolute atomic E-state index is 13.0. The second-order valence-electron chi connectivity index (χ2n) is 5.98. The number of aromatic nitrogens is 3. The van der Waals surface area contributed by atoms with E-state index in [0.717, 1.165) is 27.9 Å². The number of hydrogen-bond donors (Lipinski definition) is 0. The third-order valence-corrected chi connectivity index (χ3v) is 5.82. The monoisotopic (exact) mass is 461 g/mol. The van der Waals surface area contributed by atoms with Gasteiger partial charge in [-0.15, -0.1) is 21.5 Å². The lowest BCUT2D eigenvalue weighted by Gasteiger charge is -2.01. The topological polar surface area (TPSA) is 78.1 Å². The van der Waals surface area contributed by atoms with Crippen LogP contribution in [0.25, 0.3) is 22.0 Å². The minimum atomic E-state index is -0.428. The minimum absolute atomic E-state index is 0.0250. The molecule has 0 atom stereocenters. The molecule has 0 saturated heterocycles. The molecule has 0 amide bonds. The number of hydrogen-bond acceptors (Lipinski definition) is 8. The molecule has 6 nitrogen and oxygen atoms in total. The highest BCUT2D eigenvalue weighted by Crippen LogP contribution is 2.26. The SMILES string of the molecule is O=C(CSc1nnc(-c2ccc(Cl)cc2)o1)OCc1csc(-c2ccc(F)cc2)n1. The molecule has 0 aliphatic rings. The number of thiazole rings is 1. The van der Waals surface area contributed by atoms with Crippen LogP contribution in [-0.4, -0.2) is 26.9 Å². The number of esters is 1. The number of rotatable bonds is 7. The largest absolute Gasteiger partial charge is 0.459 e. The molecule has 0 unspecified atom stereocenters. The average molecular weight is 462 g/mol. The third-order valence-electron chi connectivity index (χ3n) is 3.84. The van der Waals surface area contributed by atoms with Crippen LogP contribution in [0.15, 0.2) is 63.6 Å². The highest BCUT2D eigenvalue weighted by Gasteiger charge is 2.13. The van der Waals surface area contributed by atoms with Crippen molar-refractivity contribution in [3.8, 4) is 22.0 Å². The number of nitrogens with zero attached hydrogens (tertiary/aromatic N) is 3. The molecule has 4 rings (SSSR count). The van der Waals surface area contributed by atoms with Crippen molar-refractivity contribution in [3.63, 3.8) is 0 Å². The van der Waals surface area contributed by atoms with E-state index in [2.05, 4.69) is 15.2 Å². The first-order valence-electron chi connectivity index (χ1n) is 8.65. The molecule has 10 heteroatoms. The molecule has 0 spiro atoms. The summed E-state index contributed by atoms with van der Waals surface area (Å²) in [6.07, 6.45) is 0. The summed E-state index contributed by atoms with van der Waals surface area (Å²) in [7, 11) is 0. The Hall–Kier alpha value is -2.75. The van der Waals surface area contributed by atoms with E-state index in [-0.39, 0.29) is 23.4 Å². The number of benzene rings is 2. The zero-order valence-corrected chi connectivity index (χ0v) is 17.6. The van der Waals surface area contributed by atoms with E-state index in [4.69, 9.17) is 20.8 Å². The van der Waals surface area contributed by atoms with Gasteiger partial charge in [0.15, 0.2) is 0 Å². The van der Waals surface area contributed by atoms with Gasteiger partial charge in [0, 0.05) is 21.5 Å². The average Bonchev–Trinajstić information content (AvgIpc) is 3.42. The predicted octanol–water partition coefficient (Wildman–Crippen LogP) is 5.49. The molecule has 0 radical (unpaired) electrons. The Labute approximate surface area is 184 Å². The predicted molar refractivity (Wildman–Crippen MR) is 113 cm³/mol. The summed E-state index contributed by atoms with van der Waals surface area (Å²) in [6, 6.07) is 13.1. The summed E-state index contributed by atoms with van der Waals surface area (Å²) in [5.74, 6) is -0.360. The molecule has 0 bridgehead atoms. The number of thioether (sulfide) groups is 1. The number of carbonyl (C=O) groups is 1. The molecule has 2 heterocycles. The zero-order valence-electron chi connectivity index (χ0n) is 15.2. The number of ether oxygens (including phenoxy) is 1. The first-order valence-corrected chi connectivity index (χ1v) is 10.9. The molecule has 30 heavy (non-hydrogen) atoms. The lowest BCUT2D eigenvalue weighted by Crippen LogP contribution is -2.07. The molecule has 152 valence electrons. The molecular weight excluding hydrogens is 449 g/mol. The van der Waals surface area contributed by atoms with Crippen LogP contribution < -0.4 is 0 Å². The highest BCUT2D eigenvalue weighted by molar-refractivity contribution is 7.99. The first-order chi connectivity index (χ1) is 14.6. The van der Waals surface area contributed by atoms with Gasteiger partial charge in [-0.3, -0.25) is 4.79 Å². The zero-order chi connectivity index (χ0) is 20.9. The molecule has 0 N–H and O–H groups in total. The van der Waals surface area contributed by atoms with Gasteiger partial charge in [0.2, 0.25) is 5.89 Å². The summed E-state index contributed by atoms with van der Waals surface area (Å²) in [5, 5.41) is 11.3. The van der Waals surface area contributed by atoms with Gasteiger partial charge in [0.25, 0.3) is 5.22 Å². The highest BCUT2D eigenvalue weighted by atomic mass is 35.5. The van der Waals surface area contributed by atoms with Crippen molar-refractivity contribution < 1.29 is 18.3 Å². The van der Waals surface area contributed by atoms with Crippen molar-refractivity contribution in [2.45, 2.75) is 11.8 Å². The second-order valence-corrected chi connectivity index (χ2v) is 8.20. The quantitative estimate of drug-likeness (QED) is 0.266. The van der Waals surface area contributed by atoms with Gasteiger partial charge in [-0.2, -0.15) is 0 Å². The van der Waals surface area contributed by atoms with Crippen molar-refractivity contribution in [2.75, 3.05) is 5.75 Å².